The Morgan fingerprint density at radius 2 is 1.64 bits per heavy atom. The van der Waals surface area contributed by atoms with Crippen LogP contribution in [0.25, 0.3) is 31.9 Å². The van der Waals surface area contributed by atoms with Crippen molar-refractivity contribution in [3.63, 3.8) is 0 Å². The Hall–Kier alpha value is -2.85. The van der Waals surface area contributed by atoms with Crippen molar-refractivity contribution in [1.29, 1.82) is 0 Å². The molecule has 140 valence electrons. The second-order valence-corrected chi connectivity index (χ2v) is 9.18. The highest BCUT2D eigenvalue weighted by Gasteiger charge is 2.37. The summed E-state index contributed by atoms with van der Waals surface area (Å²) in [4.78, 5) is 6.88. The van der Waals surface area contributed by atoms with Crippen LogP contribution in [-0.2, 0) is 5.41 Å². The van der Waals surface area contributed by atoms with Crippen molar-refractivity contribution < 1.29 is 5.11 Å². The molecule has 0 atom stereocenters. The van der Waals surface area contributed by atoms with E-state index in [1.807, 2.05) is 24.3 Å². The number of nitrogens with zero attached hydrogens (tertiary/aromatic N) is 2. The van der Waals surface area contributed by atoms with Crippen LogP contribution in [0.15, 0.2) is 54.6 Å². The number of hydrogen-bond acceptors (Lipinski definition) is 4. The molecular formula is C24H22N2OS. The number of para-hydroxylation sites is 1. The molecule has 5 rings (SSSR count). The Kier molecular flexibility index (Phi) is 3.59. The summed E-state index contributed by atoms with van der Waals surface area (Å²) in [7, 11) is 4.13. The second kappa shape index (κ2) is 5.82. The molecule has 28 heavy (non-hydrogen) atoms. The Balaban J connectivity index is 1.71. The number of thiazole rings is 1. The highest BCUT2D eigenvalue weighted by molar-refractivity contribution is 7.21. The van der Waals surface area contributed by atoms with Crippen molar-refractivity contribution in [2.75, 3.05) is 19.0 Å². The minimum Gasteiger partial charge on any atom is -0.507 e. The molecule has 1 heterocycles. The summed E-state index contributed by atoms with van der Waals surface area (Å²) in [6, 6.07) is 18.7. The molecule has 1 aliphatic carbocycles. The predicted octanol–water partition coefficient (Wildman–Crippen LogP) is 6.04. The Labute approximate surface area is 168 Å². The molecule has 0 amide bonds. The summed E-state index contributed by atoms with van der Waals surface area (Å²) in [6.45, 7) is 4.52. The van der Waals surface area contributed by atoms with Gasteiger partial charge in [0.25, 0.3) is 0 Å². The van der Waals surface area contributed by atoms with Gasteiger partial charge in [-0.25, -0.2) is 4.98 Å². The van der Waals surface area contributed by atoms with E-state index < -0.39 is 0 Å². The lowest BCUT2D eigenvalue weighted by Crippen LogP contribution is -2.16. The average Bonchev–Trinajstić information content (AvgIpc) is 3.18. The number of rotatable bonds is 2. The smallest absolute Gasteiger partial charge is 0.128 e. The van der Waals surface area contributed by atoms with Crippen molar-refractivity contribution in [2.45, 2.75) is 19.3 Å². The number of hydrogen-bond donors (Lipinski definition) is 1. The van der Waals surface area contributed by atoms with Gasteiger partial charge in [-0.1, -0.05) is 32.0 Å². The van der Waals surface area contributed by atoms with Crippen LogP contribution in [0.1, 0.15) is 25.0 Å². The van der Waals surface area contributed by atoms with Gasteiger partial charge in [-0.3, -0.25) is 0 Å². The lowest BCUT2D eigenvalue weighted by Gasteiger charge is -2.23. The molecule has 1 aromatic heterocycles. The molecule has 1 N–H and O–H groups in total. The Morgan fingerprint density at radius 1 is 0.893 bits per heavy atom. The van der Waals surface area contributed by atoms with Crippen molar-refractivity contribution in [3.05, 3.63) is 65.7 Å². The van der Waals surface area contributed by atoms with E-state index >= 15 is 0 Å². The van der Waals surface area contributed by atoms with Crippen LogP contribution in [0.2, 0.25) is 0 Å². The summed E-state index contributed by atoms with van der Waals surface area (Å²) in [5, 5.41) is 11.7. The summed E-state index contributed by atoms with van der Waals surface area (Å²) < 4.78 is 1.13. The SMILES string of the molecule is CN(C)c1ccc2c(c1)C(C)(C)c1cc(-c3nc4ccccc4s3)c(O)cc1-2. The zero-order valence-corrected chi connectivity index (χ0v) is 17.3. The van der Waals surface area contributed by atoms with Crippen molar-refractivity contribution in [3.8, 4) is 27.4 Å². The van der Waals surface area contributed by atoms with E-state index in [0.29, 0.717) is 0 Å². The Morgan fingerprint density at radius 3 is 2.39 bits per heavy atom. The average molecular weight is 387 g/mol. The maximum Gasteiger partial charge on any atom is 0.128 e. The zero-order valence-electron chi connectivity index (χ0n) is 16.4. The molecule has 0 saturated carbocycles. The van der Waals surface area contributed by atoms with Crippen LogP contribution in [0.3, 0.4) is 0 Å². The van der Waals surface area contributed by atoms with E-state index in [9.17, 15) is 5.11 Å². The topological polar surface area (TPSA) is 36.4 Å². The molecule has 0 unspecified atom stereocenters. The zero-order chi connectivity index (χ0) is 19.6. The fourth-order valence-corrected chi connectivity index (χ4v) is 5.18. The third-order valence-electron chi connectivity index (χ3n) is 5.82. The van der Waals surface area contributed by atoms with Gasteiger partial charge in [-0.15, -0.1) is 11.3 Å². The molecule has 4 aromatic rings. The minimum absolute atomic E-state index is 0.129. The quantitative estimate of drug-likeness (QED) is 0.456. The minimum atomic E-state index is -0.129. The van der Waals surface area contributed by atoms with Gasteiger partial charge >= 0.3 is 0 Å². The van der Waals surface area contributed by atoms with Gasteiger partial charge in [0.05, 0.1) is 15.8 Å². The van der Waals surface area contributed by atoms with Gasteiger partial charge in [0.1, 0.15) is 10.8 Å². The fourth-order valence-electron chi connectivity index (χ4n) is 4.19. The molecule has 3 aromatic carbocycles. The lowest BCUT2D eigenvalue weighted by atomic mass is 9.81. The standard InChI is InChI=1S/C24H22N2OS/c1-24(2)18-11-14(26(3)4)9-10-15(18)16-13-21(27)17(12-19(16)24)23-25-20-7-5-6-8-22(20)28-23/h5-13,27H,1-4H3. The van der Waals surface area contributed by atoms with Gasteiger partial charge in [-0.2, -0.15) is 0 Å². The number of aromatic nitrogens is 1. The molecule has 0 radical (unpaired) electrons. The second-order valence-electron chi connectivity index (χ2n) is 8.15. The number of phenolic OH excluding ortho intramolecular Hbond substituents is 1. The first-order chi connectivity index (χ1) is 13.4. The van der Waals surface area contributed by atoms with E-state index in [-0.39, 0.29) is 11.2 Å². The van der Waals surface area contributed by atoms with Crippen LogP contribution in [0.5, 0.6) is 5.75 Å². The third-order valence-corrected chi connectivity index (χ3v) is 6.89. The molecule has 0 aliphatic heterocycles. The molecule has 0 bridgehead atoms. The predicted molar refractivity (Wildman–Crippen MR) is 119 cm³/mol. The maximum atomic E-state index is 10.9. The van der Waals surface area contributed by atoms with Crippen LogP contribution >= 0.6 is 11.3 Å². The van der Waals surface area contributed by atoms with Crippen LogP contribution in [0.4, 0.5) is 5.69 Å². The third kappa shape index (κ3) is 2.38. The van der Waals surface area contributed by atoms with E-state index in [0.717, 1.165) is 26.4 Å². The molecule has 3 nitrogen and oxygen atoms in total. The number of phenols is 1. The molecule has 4 heteroatoms. The maximum absolute atomic E-state index is 10.9. The fraction of sp³-hybridized carbons (Fsp3) is 0.208. The first-order valence-corrected chi connectivity index (χ1v) is 10.2. The molecule has 0 spiro atoms. The van der Waals surface area contributed by atoms with Gasteiger partial charge in [-0.05, 0) is 58.7 Å². The summed E-state index contributed by atoms with van der Waals surface area (Å²) in [6.07, 6.45) is 0. The van der Waals surface area contributed by atoms with E-state index in [2.05, 4.69) is 63.2 Å². The normalized spacial score (nSPS) is 14.1. The molecule has 0 saturated heterocycles. The molecule has 0 fully saturated rings. The van der Waals surface area contributed by atoms with Crippen molar-refractivity contribution in [1.82, 2.24) is 4.98 Å². The highest BCUT2D eigenvalue weighted by Crippen LogP contribution is 2.52. The summed E-state index contributed by atoms with van der Waals surface area (Å²) in [5.41, 5.74) is 7.71. The van der Waals surface area contributed by atoms with Gasteiger partial charge < -0.3 is 10.0 Å². The van der Waals surface area contributed by atoms with Gasteiger partial charge in [0.15, 0.2) is 0 Å². The van der Waals surface area contributed by atoms with Crippen LogP contribution < -0.4 is 4.90 Å². The van der Waals surface area contributed by atoms with Gasteiger partial charge in [0.2, 0.25) is 0 Å². The summed E-state index contributed by atoms with van der Waals surface area (Å²) >= 11 is 1.62. The number of aromatic hydroxyl groups is 1. The van der Waals surface area contributed by atoms with Crippen molar-refractivity contribution in [2.24, 2.45) is 0 Å². The number of anilines is 1. The van der Waals surface area contributed by atoms with Crippen molar-refractivity contribution >= 4 is 27.2 Å². The van der Waals surface area contributed by atoms with E-state index in [1.165, 1.54) is 22.4 Å². The van der Waals surface area contributed by atoms with Crippen LogP contribution in [0, 0.1) is 0 Å². The number of fused-ring (bicyclic) bond motifs is 4. The first-order valence-electron chi connectivity index (χ1n) is 9.42. The summed E-state index contributed by atoms with van der Waals surface area (Å²) in [5.74, 6) is 0.290. The lowest BCUT2D eigenvalue weighted by molar-refractivity contribution is 0.477. The molecule has 1 aliphatic rings. The number of benzene rings is 3. The highest BCUT2D eigenvalue weighted by atomic mass is 32.1. The largest absolute Gasteiger partial charge is 0.507 e. The molecular weight excluding hydrogens is 364 g/mol. The van der Waals surface area contributed by atoms with Crippen LogP contribution in [-0.4, -0.2) is 24.2 Å². The van der Waals surface area contributed by atoms with E-state index in [1.54, 1.807) is 11.3 Å². The monoisotopic (exact) mass is 386 g/mol. The Bertz CT molecular complexity index is 1200. The van der Waals surface area contributed by atoms with E-state index in [4.69, 9.17) is 4.98 Å². The first kappa shape index (κ1) is 17.3. The van der Waals surface area contributed by atoms with Gasteiger partial charge in [0, 0.05) is 25.2 Å².